The molecule has 2 heterocycles. The van der Waals surface area contributed by atoms with E-state index in [1.165, 1.54) is 17.9 Å². The molecule has 3 aromatic rings. The summed E-state index contributed by atoms with van der Waals surface area (Å²) < 4.78 is 9.17. The second-order valence-electron chi connectivity index (χ2n) is 5.95. The lowest BCUT2D eigenvalue weighted by Crippen LogP contribution is -2.37. The van der Waals surface area contributed by atoms with Crippen molar-refractivity contribution in [1.29, 1.82) is 0 Å². The molecule has 27 heavy (non-hydrogen) atoms. The third kappa shape index (κ3) is 3.63. The van der Waals surface area contributed by atoms with Crippen LogP contribution < -0.4 is 16.0 Å². The number of esters is 1. The number of fused-ring (bicyclic) bond motifs is 1. The van der Waals surface area contributed by atoms with E-state index < -0.39 is 17.2 Å². The lowest BCUT2D eigenvalue weighted by Gasteiger charge is -2.08. The molecular formula is C17H16Cl2N4O4. The van der Waals surface area contributed by atoms with Crippen LogP contribution in [0.1, 0.15) is 12.8 Å². The summed E-state index contributed by atoms with van der Waals surface area (Å²) in [5.41, 5.74) is -0.263. The Morgan fingerprint density at radius 2 is 1.93 bits per heavy atom. The van der Waals surface area contributed by atoms with E-state index in [0.717, 1.165) is 4.57 Å². The zero-order chi connectivity index (χ0) is 19.7. The molecule has 1 aromatic carbocycles. The van der Waals surface area contributed by atoms with E-state index in [4.69, 9.17) is 27.9 Å². The Labute approximate surface area is 163 Å². The summed E-state index contributed by atoms with van der Waals surface area (Å²) in [6, 6.07) is 4.79. The maximum absolute atomic E-state index is 12.4. The molecule has 0 aliphatic carbocycles. The fraction of sp³-hybridized carbons (Fsp3) is 0.294. The molecule has 8 nitrogen and oxygen atoms in total. The first-order valence-electron chi connectivity index (χ1n) is 8.06. The number of halogens is 2. The molecule has 0 unspecified atom stereocenters. The van der Waals surface area contributed by atoms with Gasteiger partial charge in [-0.05, 0) is 18.6 Å². The highest BCUT2D eigenvalue weighted by Crippen LogP contribution is 2.31. The Morgan fingerprint density at radius 3 is 2.67 bits per heavy atom. The summed E-state index contributed by atoms with van der Waals surface area (Å²) in [6.45, 7) is 0.363. The molecule has 3 rings (SSSR count). The van der Waals surface area contributed by atoms with E-state index in [1.54, 1.807) is 29.8 Å². The molecule has 0 bridgehead atoms. The fourth-order valence-corrected chi connectivity index (χ4v) is 3.03. The number of carbonyl (C=O) groups is 1. The van der Waals surface area contributed by atoms with E-state index in [-0.39, 0.29) is 17.2 Å². The average Bonchev–Trinajstić information content (AvgIpc) is 3.06. The Kier molecular flexibility index (Phi) is 5.38. The van der Waals surface area contributed by atoms with Gasteiger partial charge in [0, 0.05) is 27.1 Å². The average molecular weight is 411 g/mol. The van der Waals surface area contributed by atoms with Gasteiger partial charge in [0.1, 0.15) is 5.02 Å². The summed E-state index contributed by atoms with van der Waals surface area (Å²) in [7, 11) is 2.96. The number of nitrogens with zero attached hydrogens (tertiary/aromatic N) is 4. The van der Waals surface area contributed by atoms with E-state index in [1.807, 2.05) is 0 Å². The monoisotopic (exact) mass is 410 g/mol. The first-order valence-corrected chi connectivity index (χ1v) is 8.82. The van der Waals surface area contributed by atoms with Gasteiger partial charge in [-0.3, -0.25) is 18.7 Å². The predicted octanol–water partition coefficient (Wildman–Crippen LogP) is 2.13. The molecule has 2 aromatic heterocycles. The topological polar surface area (TPSA) is 88.1 Å². The Hall–Kier alpha value is -2.58. The normalized spacial score (nSPS) is 11.1. The van der Waals surface area contributed by atoms with E-state index >= 15 is 0 Å². The van der Waals surface area contributed by atoms with Crippen molar-refractivity contribution in [3.05, 3.63) is 55.4 Å². The predicted molar refractivity (Wildman–Crippen MR) is 102 cm³/mol. The van der Waals surface area contributed by atoms with Gasteiger partial charge in [-0.25, -0.2) is 9.78 Å². The van der Waals surface area contributed by atoms with E-state index in [9.17, 15) is 14.4 Å². The van der Waals surface area contributed by atoms with Gasteiger partial charge >= 0.3 is 11.7 Å². The zero-order valence-electron chi connectivity index (χ0n) is 14.6. The number of hydrogen-bond donors (Lipinski definition) is 0. The van der Waals surface area contributed by atoms with Crippen molar-refractivity contribution in [2.24, 2.45) is 14.1 Å². The number of aryl methyl sites for hydroxylation is 2. The molecule has 0 saturated carbocycles. The number of hydrogen-bond acceptors (Lipinski definition) is 5. The number of aromatic nitrogens is 4. The molecule has 0 saturated heterocycles. The zero-order valence-corrected chi connectivity index (χ0v) is 16.1. The van der Waals surface area contributed by atoms with Crippen LogP contribution in [-0.4, -0.2) is 24.7 Å². The van der Waals surface area contributed by atoms with Crippen molar-refractivity contribution in [2.75, 3.05) is 0 Å². The minimum atomic E-state index is -0.469. The second-order valence-corrected chi connectivity index (χ2v) is 6.73. The van der Waals surface area contributed by atoms with Crippen molar-refractivity contribution in [2.45, 2.75) is 19.4 Å². The molecule has 10 heteroatoms. The largest absolute Gasteiger partial charge is 0.425 e. The maximum atomic E-state index is 12.4. The molecular weight excluding hydrogens is 395 g/mol. The summed E-state index contributed by atoms with van der Waals surface area (Å²) in [5, 5.41) is 0.478. The minimum Gasteiger partial charge on any atom is -0.425 e. The van der Waals surface area contributed by atoms with Crippen molar-refractivity contribution < 1.29 is 9.53 Å². The van der Waals surface area contributed by atoms with Crippen LogP contribution in [0.2, 0.25) is 10.0 Å². The highest BCUT2D eigenvalue weighted by Gasteiger charge is 2.15. The molecule has 142 valence electrons. The Morgan fingerprint density at radius 1 is 1.19 bits per heavy atom. The standard InChI is InChI=1S/C17H16Cl2N4O4/c1-21-15-14(16(25)22(2)17(21)26)23(9-20-15)8-4-7-12(24)27-11-6-3-5-10(18)13(11)19/h3,5-6,9H,4,7-8H2,1-2H3. The van der Waals surface area contributed by atoms with Gasteiger partial charge in [0.05, 0.1) is 11.3 Å². The molecule has 0 radical (unpaired) electrons. The number of imidazole rings is 1. The van der Waals surface area contributed by atoms with Crippen LogP contribution in [0.25, 0.3) is 11.2 Å². The van der Waals surface area contributed by atoms with Gasteiger partial charge in [-0.2, -0.15) is 0 Å². The van der Waals surface area contributed by atoms with Crippen molar-refractivity contribution >= 4 is 40.3 Å². The van der Waals surface area contributed by atoms with Gasteiger partial charge in [-0.1, -0.05) is 29.3 Å². The van der Waals surface area contributed by atoms with Crippen LogP contribution >= 0.6 is 23.2 Å². The van der Waals surface area contributed by atoms with Gasteiger partial charge in [0.15, 0.2) is 16.9 Å². The third-order valence-corrected chi connectivity index (χ3v) is 4.94. The number of ether oxygens (including phenoxy) is 1. The Balaban J connectivity index is 1.71. The highest BCUT2D eigenvalue weighted by molar-refractivity contribution is 6.43. The molecule has 0 aliphatic heterocycles. The summed E-state index contributed by atoms with van der Waals surface area (Å²) >= 11 is 11.9. The smallest absolute Gasteiger partial charge is 0.332 e. The fourth-order valence-electron chi connectivity index (χ4n) is 2.70. The van der Waals surface area contributed by atoms with Crippen LogP contribution in [0.5, 0.6) is 5.75 Å². The molecule has 0 N–H and O–H groups in total. The van der Waals surface area contributed by atoms with Crippen LogP contribution in [0.4, 0.5) is 0 Å². The molecule has 0 aliphatic rings. The van der Waals surface area contributed by atoms with Crippen molar-refractivity contribution in [3.8, 4) is 5.75 Å². The highest BCUT2D eigenvalue weighted by atomic mass is 35.5. The lowest BCUT2D eigenvalue weighted by molar-refractivity contribution is -0.134. The second kappa shape index (κ2) is 7.58. The van der Waals surface area contributed by atoms with Gasteiger partial charge in [-0.15, -0.1) is 0 Å². The first-order chi connectivity index (χ1) is 12.8. The third-order valence-electron chi connectivity index (χ3n) is 4.14. The molecule has 0 amide bonds. The number of rotatable bonds is 5. The molecule has 0 spiro atoms. The molecule has 0 atom stereocenters. The number of benzene rings is 1. The van der Waals surface area contributed by atoms with E-state index in [0.29, 0.717) is 29.2 Å². The quantitative estimate of drug-likeness (QED) is 0.474. The van der Waals surface area contributed by atoms with Gasteiger partial charge in [0.2, 0.25) is 0 Å². The van der Waals surface area contributed by atoms with Crippen LogP contribution in [0, 0.1) is 0 Å². The summed E-state index contributed by atoms with van der Waals surface area (Å²) in [6.07, 6.45) is 1.99. The Bertz CT molecular complexity index is 1150. The summed E-state index contributed by atoms with van der Waals surface area (Å²) in [5.74, 6) is -0.269. The van der Waals surface area contributed by atoms with Gasteiger partial charge in [0.25, 0.3) is 5.56 Å². The maximum Gasteiger partial charge on any atom is 0.332 e. The van der Waals surface area contributed by atoms with Crippen molar-refractivity contribution in [3.63, 3.8) is 0 Å². The van der Waals surface area contributed by atoms with Crippen LogP contribution in [-0.2, 0) is 25.4 Å². The lowest BCUT2D eigenvalue weighted by atomic mass is 10.3. The van der Waals surface area contributed by atoms with Crippen LogP contribution in [0.15, 0.2) is 34.1 Å². The minimum absolute atomic E-state index is 0.106. The molecule has 0 fully saturated rings. The van der Waals surface area contributed by atoms with E-state index in [2.05, 4.69) is 4.98 Å². The first kappa shape index (κ1) is 19.2. The SMILES string of the molecule is Cn1c(=O)c2c(ncn2CCCC(=O)Oc2cccc(Cl)c2Cl)n(C)c1=O. The van der Waals surface area contributed by atoms with Crippen molar-refractivity contribution in [1.82, 2.24) is 18.7 Å². The number of carbonyl (C=O) groups excluding carboxylic acids is 1. The van der Waals surface area contributed by atoms with Gasteiger partial charge < -0.3 is 9.30 Å². The van der Waals surface area contributed by atoms with Crippen LogP contribution in [0.3, 0.4) is 0 Å². The summed E-state index contributed by atoms with van der Waals surface area (Å²) in [4.78, 5) is 40.5.